The van der Waals surface area contributed by atoms with Gasteiger partial charge >= 0.3 is 0 Å². The van der Waals surface area contributed by atoms with E-state index in [4.69, 9.17) is 16.3 Å². The zero-order chi connectivity index (χ0) is 7.84. The number of benzene rings is 1. The van der Waals surface area contributed by atoms with Gasteiger partial charge in [-0.3, -0.25) is 0 Å². The Morgan fingerprint density at radius 1 is 1.55 bits per heavy atom. The zero-order valence-corrected chi connectivity index (χ0v) is 8.02. The number of halogens is 2. The molecule has 1 nitrogen and oxygen atoms in total. The average Bonchev–Trinajstić information content (AvgIpc) is 2.32. The smallest absolute Gasteiger partial charge is 0.125 e. The van der Waals surface area contributed by atoms with Crippen molar-refractivity contribution in [1.82, 2.24) is 0 Å². The summed E-state index contributed by atoms with van der Waals surface area (Å²) in [6.07, 6.45) is 0. The Balaban J connectivity index is 2.50. The highest BCUT2D eigenvalue weighted by atomic mass is 79.9. The van der Waals surface area contributed by atoms with E-state index >= 15 is 0 Å². The molecule has 0 fully saturated rings. The van der Waals surface area contributed by atoms with Gasteiger partial charge in [-0.15, -0.1) is 0 Å². The Labute approximate surface area is 78.4 Å². The van der Waals surface area contributed by atoms with Crippen molar-refractivity contribution < 1.29 is 4.74 Å². The van der Waals surface area contributed by atoms with E-state index in [9.17, 15) is 0 Å². The van der Waals surface area contributed by atoms with E-state index in [1.807, 2.05) is 18.2 Å². The molecule has 1 atom stereocenters. The van der Waals surface area contributed by atoms with E-state index in [2.05, 4.69) is 15.9 Å². The number of rotatable bonds is 0. The van der Waals surface area contributed by atoms with Crippen molar-refractivity contribution in [2.45, 2.75) is 4.83 Å². The molecule has 1 aliphatic rings. The Morgan fingerprint density at radius 2 is 2.36 bits per heavy atom. The average molecular weight is 233 g/mol. The van der Waals surface area contributed by atoms with Crippen molar-refractivity contribution in [3.05, 3.63) is 28.8 Å². The molecule has 0 radical (unpaired) electrons. The van der Waals surface area contributed by atoms with E-state index in [0.29, 0.717) is 11.4 Å². The van der Waals surface area contributed by atoms with Crippen LogP contribution in [0.25, 0.3) is 0 Å². The molecule has 1 aromatic rings. The van der Waals surface area contributed by atoms with Gasteiger partial charge in [-0.25, -0.2) is 0 Å². The molecule has 58 valence electrons. The topological polar surface area (TPSA) is 9.23 Å². The number of fused-ring (bicyclic) bond motifs is 1. The standard InChI is InChI=1S/C8H6BrClO/c9-7-4-11-8-3-5(10)1-2-6(7)8/h1-3,7H,4H2. The summed E-state index contributed by atoms with van der Waals surface area (Å²) in [5.41, 5.74) is 1.19. The Kier molecular flexibility index (Phi) is 1.81. The molecule has 11 heavy (non-hydrogen) atoms. The van der Waals surface area contributed by atoms with E-state index < -0.39 is 0 Å². The summed E-state index contributed by atoms with van der Waals surface area (Å²) >= 11 is 9.27. The minimum Gasteiger partial charge on any atom is -0.492 e. The second-order valence-electron chi connectivity index (χ2n) is 2.46. The molecular formula is C8H6BrClO. The molecule has 0 spiro atoms. The first-order valence-corrected chi connectivity index (χ1v) is 4.63. The molecule has 0 bridgehead atoms. The fourth-order valence-electron chi connectivity index (χ4n) is 1.14. The van der Waals surface area contributed by atoms with Crippen LogP contribution in [-0.4, -0.2) is 6.61 Å². The third-order valence-electron chi connectivity index (χ3n) is 1.70. The van der Waals surface area contributed by atoms with E-state index in [1.165, 1.54) is 5.56 Å². The third-order valence-corrected chi connectivity index (χ3v) is 2.69. The minimum atomic E-state index is 0.328. The van der Waals surface area contributed by atoms with Gasteiger partial charge in [-0.05, 0) is 12.1 Å². The number of ether oxygens (including phenoxy) is 1. The monoisotopic (exact) mass is 232 g/mol. The first-order valence-electron chi connectivity index (χ1n) is 3.33. The zero-order valence-electron chi connectivity index (χ0n) is 5.68. The lowest BCUT2D eigenvalue weighted by Crippen LogP contribution is -1.89. The van der Waals surface area contributed by atoms with Crippen LogP contribution in [0.1, 0.15) is 10.4 Å². The van der Waals surface area contributed by atoms with Crippen LogP contribution in [0.15, 0.2) is 18.2 Å². The Morgan fingerprint density at radius 3 is 3.18 bits per heavy atom. The minimum absolute atomic E-state index is 0.328. The van der Waals surface area contributed by atoms with Crippen LogP contribution < -0.4 is 4.74 Å². The summed E-state index contributed by atoms with van der Waals surface area (Å²) in [6, 6.07) is 5.71. The molecule has 3 heteroatoms. The summed E-state index contributed by atoms with van der Waals surface area (Å²) < 4.78 is 5.36. The first kappa shape index (κ1) is 7.44. The fraction of sp³-hybridized carbons (Fsp3) is 0.250. The van der Waals surface area contributed by atoms with Gasteiger partial charge in [0.25, 0.3) is 0 Å². The van der Waals surface area contributed by atoms with Crippen molar-refractivity contribution in [2.75, 3.05) is 6.61 Å². The van der Waals surface area contributed by atoms with E-state index in [-0.39, 0.29) is 0 Å². The van der Waals surface area contributed by atoms with Gasteiger partial charge in [0.2, 0.25) is 0 Å². The first-order chi connectivity index (χ1) is 5.27. The van der Waals surface area contributed by atoms with Crippen LogP contribution in [0, 0.1) is 0 Å². The second kappa shape index (κ2) is 2.68. The molecule has 1 heterocycles. The van der Waals surface area contributed by atoms with Crippen molar-refractivity contribution in [3.63, 3.8) is 0 Å². The van der Waals surface area contributed by atoms with Crippen LogP contribution in [0.2, 0.25) is 5.02 Å². The highest BCUT2D eigenvalue weighted by molar-refractivity contribution is 9.09. The predicted molar refractivity (Wildman–Crippen MR) is 48.6 cm³/mol. The lowest BCUT2D eigenvalue weighted by atomic mass is 10.2. The van der Waals surface area contributed by atoms with E-state index in [1.54, 1.807) is 0 Å². The maximum atomic E-state index is 5.78. The van der Waals surface area contributed by atoms with Crippen molar-refractivity contribution in [3.8, 4) is 5.75 Å². The Bertz CT molecular complexity index is 287. The highest BCUT2D eigenvalue weighted by Gasteiger charge is 2.20. The molecule has 0 N–H and O–H groups in total. The van der Waals surface area contributed by atoms with Gasteiger partial charge in [0, 0.05) is 10.6 Å². The molecule has 2 rings (SSSR count). The molecule has 1 unspecified atom stereocenters. The largest absolute Gasteiger partial charge is 0.492 e. The lowest BCUT2D eigenvalue weighted by molar-refractivity contribution is 0.356. The molecular weight excluding hydrogens is 227 g/mol. The third kappa shape index (κ3) is 1.25. The van der Waals surface area contributed by atoms with Crippen molar-refractivity contribution in [1.29, 1.82) is 0 Å². The van der Waals surface area contributed by atoms with Gasteiger partial charge in [-0.1, -0.05) is 33.6 Å². The molecule has 0 aromatic heterocycles. The van der Waals surface area contributed by atoms with Crippen LogP contribution in [-0.2, 0) is 0 Å². The summed E-state index contributed by atoms with van der Waals surface area (Å²) in [4.78, 5) is 0.328. The van der Waals surface area contributed by atoms with Gasteiger partial charge in [0.05, 0.1) is 4.83 Å². The van der Waals surface area contributed by atoms with E-state index in [0.717, 1.165) is 10.8 Å². The maximum absolute atomic E-state index is 5.78. The van der Waals surface area contributed by atoms with Crippen molar-refractivity contribution in [2.24, 2.45) is 0 Å². The highest BCUT2D eigenvalue weighted by Crippen LogP contribution is 2.38. The SMILES string of the molecule is Clc1ccc2c(c1)OCC2Br. The van der Waals surface area contributed by atoms with Crippen molar-refractivity contribution >= 4 is 27.5 Å². The number of hydrogen-bond acceptors (Lipinski definition) is 1. The molecule has 0 amide bonds. The van der Waals surface area contributed by atoms with Crippen LogP contribution in [0.4, 0.5) is 0 Å². The van der Waals surface area contributed by atoms with Gasteiger partial charge in [-0.2, -0.15) is 0 Å². The van der Waals surface area contributed by atoms with Crippen LogP contribution >= 0.6 is 27.5 Å². The Hall–Kier alpha value is -0.210. The van der Waals surface area contributed by atoms with Gasteiger partial charge in [0.1, 0.15) is 12.4 Å². The molecule has 0 aliphatic carbocycles. The number of hydrogen-bond donors (Lipinski definition) is 0. The van der Waals surface area contributed by atoms with Gasteiger partial charge < -0.3 is 4.74 Å². The normalized spacial score (nSPS) is 21.1. The summed E-state index contributed by atoms with van der Waals surface area (Å²) in [6.45, 7) is 0.704. The summed E-state index contributed by atoms with van der Waals surface area (Å²) in [7, 11) is 0. The second-order valence-corrected chi connectivity index (χ2v) is 4.00. The molecule has 1 aliphatic heterocycles. The summed E-state index contributed by atoms with van der Waals surface area (Å²) in [5, 5.41) is 0.727. The van der Waals surface area contributed by atoms with Crippen LogP contribution in [0.5, 0.6) is 5.75 Å². The molecule has 0 saturated heterocycles. The number of alkyl halides is 1. The van der Waals surface area contributed by atoms with Crippen LogP contribution in [0.3, 0.4) is 0 Å². The molecule has 0 saturated carbocycles. The fourth-order valence-corrected chi connectivity index (χ4v) is 1.82. The van der Waals surface area contributed by atoms with Gasteiger partial charge in [0.15, 0.2) is 0 Å². The predicted octanol–water partition coefficient (Wildman–Crippen LogP) is 3.17. The quantitative estimate of drug-likeness (QED) is 0.626. The summed E-state index contributed by atoms with van der Waals surface area (Å²) in [5.74, 6) is 0.902. The maximum Gasteiger partial charge on any atom is 0.125 e. The molecule has 1 aromatic carbocycles. The lowest BCUT2D eigenvalue weighted by Gasteiger charge is -1.97.